The van der Waals surface area contributed by atoms with Gasteiger partial charge in [-0.2, -0.15) is 5.26 Å². The number of thiazole rings is 1. The number of nitriles is 1. The van der Waals surface area contributed by atoms with E-state index in [0.29, 0.717) is 4.91 Å². The summed E-state index contributed by atoms with van der Waals surface area (Å²) >= 11 is 2.98. The van der Waals surface area contributed by atoms with E-state index in [1.54, 1.807) is 18.4 Å². The molecule has 4 aromatic rings. The summed E-state index contributed by atoms with van der Waals surface area (Å²) in [5.41, 5.74) is 1.87. The number of hydrogen-bond acceptors (Lipinski definition) is 5. The lowest BCUT2D eigenvalue weighted by Gasteiger charge is -2.09. The van der Waals surface area contributed by atoms with Crippen LogP contribution in [0.15, 0.2) is 69.9 Å². The van der Waals surface area contributed by atoms with E-state index in [9.17, 15) is 5.26 Å². The van der Waals surface area contributed by atoms with Crippen LogP contribution in [-0.2, 0) is 0 Å². The number of nitrogens with zero attached hydrogens (tertiary/aromatic N) is 2. The highest BCUT2D eigenvalue weighted by Crippen LogP contribution is 2.37. The van der Waals surface area contributed by atoms with E-state index < -0.39 is 0 Å². The molecule has 5 heteroatoms. The van der Waals surface area contributed by atoms with E-state index in [1.165, 1.54) is 11.8 Å². The van der Waals surface area contributed by atoms with Gasteiger partial charge in [0.15, 0.2) is 4.34 Å². The van der Waals surface area contributed by atoms with Gasteiger partial charge in [-0.1, -0.05) is 42.5 Å². The molecule has 1 heterocycles. The second kappa shape index (κ2) is 7.20. The summed E-state index contributed by atoms with van der Waals surface area (Å²) < 4.78 is 7.50. The molecule has 0 atom stereocenters. The Morgan fingerprint density at radius 1 is 1.12 bits per heavy atom. The van der Waals surface area contributed by atoms with Crippen molar-refractivity contribution < 1.29 is 4.74 Å². The maximum atomic E-state index is 9.66. The van der Waals surface area contributed by atoms with Crippen molar-refractivity contribution in [1.82, 2.24) is 4.98 Å². The standard InChI is InChI=1S/C21H14N2OS2/c1-24-19-11-10-14-6-2-3-7-16(14)17(19)12-15(13-22)25-21-23-18-8-4-5-9-20(18)26-21/h2-12H,1H3/b15-12+. The predicted octanol–water partition coefficient (Wildman–Crippen LogP) is 6.11. The van der Waals surface area contributed by atoms with Crippen molar-refractivity contribution in [2.45, 2.75) is 4.34 Å². The fraction of sp³-hybridized carbons (Fsp3) is 0.0476. The lowest BCUT2D eigenvalue weighted by Crippen LogP contribution is -1.89. The molecule has 0 bridgehead atoms. The molecule has 3 nitrogen and oxygen atoms in total. The van der Waals surface area contributed by atoms with Crippen molar-refractivity contribution >= 4 is 50.2 Å². The van der Waals surface area contributed by atoms with Crippen LogP contribution in [0.3, 0.4) is 0 Å². The molecule has 0 N–H and O–H groups in total. The molecule has 26 heavy (non-hydrogen) atoms. The number of methoxy groups -OCH3 is 1. The van der Waals surface area contributed by atoms with E-state index >= 15 is 0 Å². The van der Waals surface area contributed by atoms with Gasteiger partial charge in [0.1, 0.15) is 11.8 Å². The molecule has 1 aromatic heterocycles. The number of fused-ring (bicyclic) bond motifs is 2. The van der Waals surface area contributed by atoms with Gasteiger partial charge in [-0.3, -0.25) is 0 Å². The van der Waals surface area contributed by atoms with Crippen molar-refractivity contribution in [3.8, 4) is 11.8 Å². The minimum absolute atomic E-state index is 0.582. The van der Waals surface area contributed by atoms with E-state index in [-0.39, 0.29) is 0 Å². The molecule has 0 unspecified atom stereocenters. The molecule has 126 valence electrons. The second-order valence-electron chi connectivity index (χ2n) is 5.57. The molecule has 0 aliphatic rings. The van der Waals surface area contributed by atoms with E-state index in [0.717, 1.165) is 36.6 Å². The molecular weight excluding hydrogens is 360 g/mol. The van der Waals surface area contributed by atoms with Gasteiger partial charge in [0, 0.05) is 5.56 Å². The van der Waals surface area contributed by atoms with Crippen LogP contribution in [0.25, 0.3) is 27.1 Å². The zero-order valence-electron chi connectivity index (χ0n) is 14.0. The fourth-order valence-corrected chi connectivity index (χ4v) is 4.76. The Morgan fingerprint density at radius 2 is 1.92 bits per heavy atom. The van der Waals surface area contributed by atoms with Gasteiger partial charge in [-0.05, 0) is 46.8 Å². The Morgan fingerprint density at radius 3 is 2.73 bits per heavy atom. The van der Waals surface area contributed by atoms with E-state index in [4.69, 9.17) is 4.74 Å². The number of benzene rings is 3. The highest BCUT2D eigenvalue weighted by Gasteiger charge is 2.11. The van der Waals surface area contributed by atoms with Crippen LogP contribution < -0.4 is 4.74 Å². The van der Waals surface area contributed by atoms with Crippen LogP contribution in [0, 0.1) is 11.3 Å². The van der Waals surface area contributed by atoms with Crippen molar-refractivity contribution in [3.63, 3.8) is 0 Å². The highest BCUT2D eigenvalue weighted by atomic mass is 32.2. The maximum Gasteiger partial charge on any atom is 0.156 e. The number of ether oxygens (including phenoxy) is 1. The van der Waals surface area contributed by atoms with Crippen molar-refractivity contribution in [1.29, 1.82) is 5.26 Å². The molecule has 3 aromatic carbocycles. The number of thioether (sulfide) groups is 1. The Labute approximate surface area is 159 Å². The summed E-state index contributed by atoms with van der Waals surface area (Å²) in [6.45, 7) is 0. The lowest BCUT2D eigenvalue weighted by atomic mass is 10.0. The first-order valence-electron chi connectivity index (χ1n) is 7.99. The Hall–Kier alpha value is -2.81. The molecule has 0 aliphatic heterocycles. The zero-order valence-corrected chi connectivity index (χ0v) is 15.6. The number of para-hydroxylation sites is 1. The molecule has 0 radical (unpaired) electrons. The Bertz CT molecular complexity index is 1140. The molecule has 0 aliphatic carbocycles. The SMILES string of the molecule is COc1ccc2ccccc2c1/C=C(\C#N)Sc1nc2ccccc2s1. The van der Waals surface area contributed by atoms with Crippen molar-refractivity contribution in [3.05, 3.63) is 71.1 Å². The van der Waals surface area contributed by atoms with Crippen LogP contribution in [0.5, 0.6) is 5.75 Å². The van der Waals surface area contributed by atoms with Gasteiger partial charge < -0.3 is 4.74 Å². The number of hydrogen-bond donors (Lipinski definition) is 0. The average molecular weight is 374 g/mol. The van der Waals surface area contributed by atoms with Crippen LogP contribution >= 0.6 is 23.1 Å². The smallest absolute Gasteiger partial charge is 0.156 e. The minimum atomic E-state index is 0.582. The number of rotatable bonds is 4. The van der Waals surface area contributed by atoms with Crippen LogP contribution in [0.2, 0.25) is 0 Å². The van der Waals surface area contributed by atoms with Gasteiger partial charge in [0.05, 0.1) is 22.2 Å². The largest absolute Gasteiger partial charge is 0.496 e. The van der Waals surface area contributed by atoms with E-state index in [2.05, 4.69) is 17.1 Å². The number of aromatic nitrogens is 1. The molecule has 0 amide bonds. The quantitative estimate of drug-likeness (QED) is 0.319. The molecule has 4 rings (SSSR count). The summed E-state index contributed by atoms with van der Waals surface area (Å²) in [7, 11) is 1.65. The summed E-state index contributed by atoms with van der Waals surface area (Å²) in [6.07, 6.45) is 1.89. The fourth-order valence-electron chi connectivity index (χ4n) is 2.81. The topological polar surface area (TPSA) is 45.9 Å². The second-order valence-corrected chi connectivity index (χ2v) is 7.89. The van der Waals surface area contributed by atoms with Gasteiger partial charge in [-0.15, -0.1) is 11.3 Å². The van der Waals surface area contributed by atoms with Gasteiger partial charge in [0.2, 0.25) is 0 Å². The third kappa shape index (κ3) is 3.17. The summed E-state index contributed by atoms with van der Waals surface area (Å²) in [4.78, 5) is 5.19. The third-order valence-corrected chi connectivity index (χ3v) is 6.03. The molecule has 0 saturated heterocycles. The molecular formula is C21H14N2OS2. The first-order valence-corrected chi connectivity index (χ1v) is 9.63. The summed E-state index contributed by atoms with van der Waals surface area (Å²) in [5.74, 6) is 0.751. The van der Waals surface area contributed by atoms with Gasteiger partial charge >= 0.3 is 0 Å². The van der Waals surface area contributed by atoms with Crippen LogP contribution in [0.4, 0.5) is 0 Å². The Balaban J connectivity index is 1.78. The lowest BCUT2D eigenvalue weighted by molar-refractivity contribution is 0.414. The predicted molar refractivity (Wildman–Crippen MR) is 110 cm³/mol. The Kier molecular flexibility index (Phi) is 4.61. The molecule has 0 spiro atoms. The van der Waals surface area contributed by atoms with Crippen LogP contribution in [0.1, 0.15) is 5.56 Å². The van der Waals surface area contributed by atoms with E-state index in [1.807, 2.05) is 60.7 Å². The molecule has 0 saturated carbocycles. The first kappa shape index (κ1) is 16.6. The van der Waals surface area contributed by atoms with Crippen molar-refractivity contribution in [2.75, 3.05) is 7.11 Å². The maximum absolute atomic E-state index is 9.66. The monoisotopic (exact) mass is 374 g/mol. The zero-order chi connectivity index (χ0) is 17.9. The van der Waals surface area contributed by atoms with Crippen molar-refractivity contribution in [2.24, 2.45) is 0 Å². The first-order chi connectivity index (χ1) is 12.8. The van der Waals surface area contributed by atoms with Crippen LogP contribution in [-0.4, -0.2) is 12.1 Å². The summed E-state index contributed by atoms with van der Waals surface area (Å²) in [5, 5.41) is 11.8. The molecule has 0 fully saturated rings. The minimum Gasteiger partial charge on any atom is -0.496 e. The average Bonchev–Trinajstić information content (AvgIpc) is 3.10. The van der Waals surface area contributed by atoms with Gasteiger partial charge in [-0.25, -0.2) is 4.98 Å². The van der Waals surface area contributed by atoms with Gasteiger partial charge in [0.25, 0.3) is 0 Å². The highest BCUT2D eigenvalue weighted by molar-refractivity contribution is 8.05. The summed E-state index contributed by atoms with van der Waals surface area (Å²) in [6, 6.07) is 22.3. The third-order valence-electron chi connectivity index (χ3n) is 4.01. The number of allylic oxidation sites excluding steroid dienone is 1. The normalized spacial score (nSPS) is 11.6.